The van der Waals surface area contributed by atoms with Crippen molar-refractivity contribution in [3.8, 4) is 0 Å². The number of nitrogens with one attached hydrogen (secondary N) is 1. The average molecular weight is 162 g/mol. The lowest BCUT2D eigenvalue weighted by Crippen LogP contribution is -1.70. The number of benzene rings is 1. The average Bonchev–Trinajstić information content (AvgIpc) is 2.54. The maximum absolute atomic E-state index is 3.92. The number of rotatable bonds is 0. The first kappa shape index (κ1) is 8.78. The maximum atomic E-state index is 3.92. The molecule has 0 saturated carbocycles. The third kappa shape index (κ3) is 1.64. The molecule has 0 amide bonds. The van der Waals surface area contributed by atoms with Crippen LogP contribution in [0.5, 0.6) is 0 Å². The van der Waals surface area contributed by atoms with Crippen molar-refractivity contribution in [2.24, 2.45) is 0 Å². The Morgan fingerprint density at radius 3 is 2.75 bits per heavy atom. The summed E-state index contributed by atoms with van der Waals surface area (Å²) in [6.45, 7) is 6.07. The van der Waals surface area contributed by atoms with Gasteiger partial charge in [0.1, 0.15) is 0 Å². The smallest absolute Gasteiger partial charge is 0.0652 e. The number of H-pyrrole nitrogens is 1. The van der Waals surface area contributed by atoms with Crippen molar-refractivity contribution >= 4 is 10.9 Å². The van der Waals surface area contributed by atoms with Crippen molar-refractivity contribution in [1.29, 1.82) is 0 Å². The summed E-state index contributed by atoms with van der Waals surface area (Å²) in [5.74, 6) is 0. The van der Waals surface area contributed by atoms with E-state index in [2.05, 4.69) is 35.3 Å². The van der Waals surface area contributed by atoms with E-state index >= 15 is 0 Å². The van der Waals surface area contributed by atoms with Crippen molar-refractivity contribution in [2.75, 3.05) is 0 Å². The van der Waals surface area contributed by atoms with Crippen molar-refractivity contribution in [2.45, 2.75) is 20.8 Å². The Morgan fingerprint density at radius 2 is 2.00 bits per heavy atom. The van der Waals surface area contributed by atoms with E-state index in [0.29, 0.717) is 0 Å². The van der Waals surface area contributed by atoms with Crippen LogP contribution >= 0.6 is 0 Å². The third-order valence-electron chi connectivity index (χ3n) is 1.60. The second-order valence-electron chi connectivity index (χ2n) is 2.46. The molecule has 2 aromatic rings. The van der Waals surface area contributed by atoms with E-state index in [0.717, 1.165) is 5.52 Å². The highest BCUT2D eigenvalue weighted by atomic mass is 15.1. The van der Waals surface area contributed by atoms with E-state index < -0.39 is 0 Å². The summed E-state index contributed by atoms with van der Waals surface area (Å²) in [4.78, 5) is 0. The summed E-state index contributed by atoms with van der Waals surface area (Å²) in [5.41, 5.74) is 2.37. The van der Waals surface area contributed by atoms with Crippen LogP contribution in [0.15, 0.2) is 24.4 Å². The molecule has 0 unspecified atom stereocenters. The van der Waals surface area contributed by atoms with Crippen LogP contribution in [0.2, 0.25) is 0 Å². The molecule has 1 aromatic carbocycles. The molecule has 2 rings (SSSR count). The molecule has 0 atom stereocenters. The Morgan fingerprint density at radius 1 is 1.25 bits per heavy atom. The van der Waals surface area contributed by atoms with Crippen LogP contribution in [0.1, 0.15) is 19.4 Å². The van der Waals surface area contributed by atoms with Gasteiger partial charge >= 0.3 is 0 Å². The fraction of sp³-hybridized carbons (Fsp3) is 0.300. The van der Waals surface area contributed by atoms with Crippen LogP contribution in [0.25, 0.3) is 10.9 Å². The molecule has 2 nitrogen and oxygen atoms in total. The number of aromatic amines is 1. The van der Waals surface area contributed by atoms with E-state index in [1.807, 2.05) is 20.0 Å². The minimum atomic E-state index is 1.11. The SMILES string of the molecule is CC.Cc1ccc2cn[nH]c2c1. The van der Waals surface area contributed by atoms with E-state index in [1.165, 1.54) is 10.9 Å². The van der Waals surface area contributed by atoms with Gasteiger partial charge < -0.3 is 0 Å². The van der Waals surface area contributed by atoms with Gasteiger partial charge in [0, 0.05) is 5.39 Å². The second-order valence-corrected chi connectivity index (χ2v) is 2.46. The highest BCUT2D eigenvalue weighted by Gasteiger charge is 1.92. The molecule has 0 spiro atoms. The van der Waals surface area contributed by atoms with Gasteiger partial charge in [0.05, 0.1) is 11.7 Å². The monoisotopic (exact) mass is 162 g/mol. The van der Waals surface area contributed by atoms with Crippen LogP contribution in [-0.4, -0.2) is 10.2 Å². The van der Waals surface area contributed by atoms with Crippen LogP contribution in [0, 0.1) is 6.92 Å². The molecule has 0 aliphatic carbocycles. The summed E-state index contributed by atoms with van der Waals surface area (Å²) < 4.78 is 0. The van der Waals surface area contributed by atoms with Gasteiger partial charge in [-0.05, 0) is 18.6 Å². The molecular weight excluding hydrogens is 148 g/mol. The summed E-state index contributed by atoms with van der Waals surface area (Å²) in [6.07, 6.45) is 1.83. The van der Waals surface area contributed by atoms with Crippen molar-refractivity contribution < 1.29 is 0 Å². The van der Waals surface area contributed by atoms with Crippen molar-refractivity contribution in [3.63, 3.8) is 0 Å². The van der Waals surface area contributed by atoms with Gasteiger partial charge in [-0.25, -0.2) is 0 Å². The summed E-state index contributed by atoms with van der Waals surface area (Å²) >= 11 is 0. The van der Waals surface area contributed by atoms with Gasteiger partial charge in [-0.15, -0.1) is 0 Å². The summed E-state index contributed by atoms with van der Waals surface area (Å²) in [5, 5.41) is 8.00. The molecule has 0 radical (unpaired) electrons. The standard InChI is InChI=1S/C8H8N2.C2H6/c1-6-2-3-7-5-9-10-8(7)4-6;1-2/h2-5H,1H3,(H,9,10);1-2H3. The fourth-order valence-corrected chi connectivity index (χ4v) is 1.05. The molecule has 12 heavy (non-hydrogen) atoms. The zero-order valence-electron chi connectivity index (χ0n) is 7.76. The Balaban J connectivity index is 0.000000336. The summed E-state index contributed by atoms with van der Waals surface area (Å²) in [6, 6.07) is 6.23. The van der Waals surface area contributed by atoms with Crippen LogP contribution < -0.4 is 0 Å². The number of nitrogens with zero attached hydrogens (tertiary/aromatic N) is 1. The van der Waals surface area contributed by atoms with Crippen molar-refractivity contribution in [3.05, 3.63) is 30.0 Å². The quantitative estimate of drug-likeness (QED) is 0.634. The Hall–Kier alpha value is -1.31. The first-order valence-corrected chi connectivity index (χ1v) is 4.26. The molecule has 1 heterocycles. The molecule has 64 valence electrons. The zero-order valence-corrected chi connectivity index (χ0v) is 7.76. The van der Waals surface area contributed by atoms with E-state index in [1.54, 1.807) is 0 Å². The largest absolute Gasteiger partial charge is 0.278 e. The van der Waals surface area contributed by atoms with E-state index in [9.17, 15) is 0 Å². The molecule has 0 fully saturated rings. The Bertz CT molecular complexity index is 349. The lowest BCUT2D eigenvalue weighted by Gasteiger charge is -1.89. The second kappa shape index (κ2) is 3.90. The number of hydrogen-bond donors (Lipinski definition) is 1. The predicted molar refractivity (Wildman–Crippen MR) is 52.2 cm³/mol. The van der Waals surface area contributed by atoms with Gasteiger partial charge in [0.2, 0.25) is 0 Å². The number of aryl methyl sites for hydroxylation is 1. The molecular formula is C10H14N2. The van der Waals surface area contributed by atoms with Crippen LogP contribution in [-0.2, 0) is 0 Å². The topological polar surface area (TPSA) is 28.7 Å². The van der Waals surface area contributed by atoms with Gasteiger partial charge in [-0.2, -0.15) is 5.10 Å². The highest BCUT2D eigenvalue weighted by molar-refractivity contribution is 5.78. The lowest BCUT2D eigenvalue weighted by atomic mass is 10.2. The molecule has 2 heteroatoms. The number of fused-ring (bicyclic) bond motifs is 1. The third-order valence-corrected chi connectivity index (χ3v) is 1.60. The minimum Gasteiger partial charge on any atom is -0.278 e. The van der Waals surface area contributed by atoms with Crippen LogP contribution in [0.4, 0.5) is 0 Å². The highest BCUT2D eigenvalue weighted by Crippen LogP contribution is 2.10. The molecule has 0 bridgehead atoms. The minimum absolute atomic E-state index is 1.11. The molecule has 1 N–H and O–H groups in total. The number of hydrogen-bond acceptors (Lipinski definition) is 1. The Labute approximate surface area is 72.6 Å². The molecule has 1 aromatic heterocycles. The van der Waals surface area contributed by atoms with E-state index in [-0.39, 0.29) is 0 Å². The lowest BCUT2D eigenvalue weighted by molar-refractivity contribution is 1.12. The molecule has 0 aliphatic heterocycles. The molecule has 0 aliphatic rings. The first-order valence-electron chi connectivity index (χ1n) is 4.26. The Kier molecular flexibility index (Phi) is 2.86. The van der Waals surface area contributed by atoms with Gasteiger partial charge in [0.25, 0.3) is 0 Å². The predicted octanol–water partition coefficient (Wildman–Crippen LogP) is 2.90. The molecule has 0 saturated heterocycles. The normalized spacial score (nSPS) is 9.25. The zero-order chi connectivity index (χ0) is 8.97. The summed E-state index contributed by atoms with van der Waals surface area (Å²) in [7, 11) is 0. The van der Waals surface area contributed by atoms with Gasteiger partial charge in [-0.1, -0.05) is 26.0 Å². The van der Waals surface area contributed by atoms with Crippen LogP contribution in [0.3, 0.4) is 0 Å². The maximum Gasteiger partial charge on any atom is 0.0652 e. The number of aromatic nitrogens is 2. The van der Waals surface area contributed by atoms with E-state index in [4.69, 9.17) is 0 Å². The first-order chi connectivity index (χ1) is 5.86. The van der Waals surface area contributed by atoms with Gasteiger partial charge in [-0.3, -0.25) is 5.10 Å². The van der Waals surface area contributed by atoms with Crippen molar-refractivity contribution in [1.82, 2.24) is 10.2 Å². The van der Waals surface area contributed by atoms with Gasteiger partial charge in [0.15, 0.2) is 0 Å². The fourth-order valence-electron chi connectivity index (χ4n) is 1.05.